The highest BCUT2D eigenvalue weighted by Crippen LogP contribution is 2.15. The maximum Gasteiger partial charge on any atom is 0.253 e. The van der Waals surface area contributed by atoms with Crippen molar-refractivity contribution in [1.29, 1.82) is 0 Å². The lowest BCUT2D eigenvalue weighted by Crippen LogP contribution is -2.36. The van der Waals surface area contributed by atoms with Crippen molar-refractivity contribution in [3.63, 3.8) is 0 Å². The third-order valence-electron chi connectivity index (χ3n) is 3.90. The largest absolute Gasteiger partial charge is 0.378 e. The normalized spacial score (nSPS) is 16.0. The standard InChI is InChI=1S/C17H20N4O2/c1-13(14-4-6-18-7-5-14)20-17(22)15-2-3-16(19-12-15)21-8-10-23-11-9-21/h2-7,12-13H,8-11H2,1H3,(H,20,22). The van der Waals surface area contributed by atoms with E-state index in [1.54, 1.807) is 18.6 Å². The summed E-state index contributed by atoms with van der Waals surface area (Å²) in [7, 11) is 0. The first-order valence-corrected chi connectivity index (χ1v) is 7.73. The van der Waals surface area contributed by atoms with Crippen LogP contribution in [-0.4, -0.2) is 42.2 Å². The number of nitrogens with one attached hydrogen (secondary N) is 1. The van der Waals surface area contributed by atoms with E-state index in [0.29, 0.717) is 18.8 Å². The Kier molecular flexibility index (Phi) is 4.83. The number of pyridine rings is 2. The number of morpholine rings is 1. The molecule has 1 amide bonds. The first-order valence-electron chi connectivity index (χ1n) is 7.73. The van der Waals surface area contributed by atoms with Gasteiger partial charge in [-0.2, -0.15) is 0 Å². The fourth-order valence-corrected chi connectivity index (χ4v) is 2.52. The lowest BCUT2D eigenvalue weighted by molar-refractivity contribution is 0.0939. The van der Waals surface area contributed by atoms with E-state index < -0.39 is 0 Å². The van der Waals surface area contributed by atoms with Gasteiger partial charge in [0.2, 0.25) is 0 Å². The lowest BCUT2D eigenvalue weighted by atomic mass is 10.1. The Morgan fingerprint density at radius 1 is 1.22 bits per heavy atom. The Morgan fingerprint density at radius 3 is 2.61 bits per heavy atom. The van der Waals surface area contributed by atoms with Gasteiger partial charge in [-0.25, -0.2) is 4.98 Å². The van der Waals surface area contributed by atoms with Gasteiger partial charge in [-0.3, -0.25) is 9.78 Å². The number of hydrogen-bond acceptors (Lipinski definition) is 5. The molecule has 23 heavy (non-hydrogen) atoms. The Labute approximate surface area is 135 Å². The second kappa shape index (κ2) is 7.19. The van der Waals surface area contributed by atoms with Crippen molar-refractivity contribution in [2.75, 3.05) is 31.2 Å². The second-order valence-electron chi connectivity index (χ2n) is 5.48. The van der Waals surface area contributed by atoms with Crippen molar-refractivity contribution in [2.24, 2.45) is 0 Å². The Morgan fingerprint density at radius 2 is 1.96 bits per heavy atom. The molecule has 1 unspecified atom stereocenters. The van der Waals surface area contributed by atoms with E-state index in [4.69, 9.17) is 4.74 Å². The van der Waals surface area contributed by atoms with Gasteiger partial charge in [0.05, 0.1) is 24.8 Å². The zero-order chi connectivity index (χ0) is 16.1. The van der Waals surface area contributed by atoms with Crippen LogP contribution in [0.3, 0.4) is 0 Å². The van der Waals surface area contributed by atoms with Crippen LogP contribution < -0.4 is 10.2 Å². The molecule has 6 heteroatoms. The lowest BCUT2D eigenvalue weighted by Gasteiger charge is -2.27. The van der Waals surface area contributed by atoms with Crippen LogP contribution in [0, 0.1) is 0 Å². The van der Waals surface area contributed by atoms with Gasteiger partial charge in [-0.1, -0.05) is 0 Å². The van der Waals surface area contributed by atoms with Gasteiger partial charge in [0.25, 0.3) is 5.91 Å². The van der Waals surface area contributed by atoms with E-state index in [1.807, 2.05) is 31.2 Å². The number of anilines is 1. The molecular formula is C17H20N4O2. The smallest absolute Gasteiger partial charge is 0.253 e. The third-order valence-corrected chi connectivity index (χ3v) is 3.90. The van der Waals surface area contributed by atoms with Gasteiger partial charge in [0.1, 0.15) is 5.82 Å². The summed E-state index contributed by atoms with van der Waals surface area (Å²) in [6.45, 7) is 5.04. The summed E-state index contributed by atoms with van der Waals surface area (Å²) in [6, 6.07) is 7.41. The number of ether oxygens (including phenoxy) is 1. The summed E-state index contributed by atoms with van der Waals surface area (Å²) in [5.74, 6) is 0.752. The molecule has 1 fully saturated rings. The average Bonchev–Trinajstić information content (AvgIpc) is 2.63. The van der Waals surface area contributed by atoms with E-state index in [9.17, 15) is 4.79 Å². The minimum atomic E-state index is -0.129. The Balaban J connectivity index is 1.63. The van der Waals surface area contributed by atoms with Crippen LogP contribution in [0.25, 0.3) is 0 Å². The maximum atomic E-state index is 12.3. The van der Waals surface area contributed by atoms with Crippen LogP contribution in [0.5, 0.6) is 0 Å². The van der Waals surface area contributed by atoms with Crippen LogP contribution >= 0.6 is 0 Å². The minimum Gasteiger partial charge on any atom is -0.378 e. The third kappa shape index (κ3) is 3.84. The van der Waals surface area contributed by atoms with E-state index in [2.05, 4.69) is 20.2 Å². The highest BCUT2D eigenvalue weighted by Gasteiger charge is 2.15. The summed E-state index contributed by atoms with van der Waals surface area (Å²) in [4.78, 5) is 22.9. The predicted molar refractivity (Wildman–Crippen MR) is 87.4 cm³/mol. The van der Waals surface area contributed by atoms with Gasteiger partial charge in [0, 0.05) is 31.7 Å². The van der Waals surface area contributed by atoms with E-state index >= 15 is 0 Å². The van der Waals surface area contributed by atoms with Crippen molar-refractivity contribution in [3.8, 4) is 0 Å². The molecule has 1 saturated heterocycles. The molecule has 0 bridgehead atoms. The minimum absolute atomic E-state index is 0.0792. The van der Waals surface area contributed by atoms with Crippen molar-refractivity contribution < 1.29 is 9.53 Å². The zero-order valence-electron chi connectivity index (χ0n) is 13.1. The fraction of sp³-hybridized carbons (Fsp3) is 0.353. The number of aromatic nitrogens is 2. The molecule has 0 spiro atoms. The number of amides is 1. The summed E-state index contributed by atoms with van der Waals surface area (Å²) in [5, 5.41) is 2.97. The monoisotopic (exact) mass is 312 g/mol. The molecule has 0 aliphatic carbocycles. The van der Waals surface area contributed by atoms with Crippen LogP contribution in [0.4, 0.5) is 5.82 Å². The maximum absolute atomic E-state index is 12.3. The number of carbonyl (C=O) groups excluding carboxylic acids is 1. The summed E-state index contributed by atoms with van der Waals surface area (Å²) >= 11 is 0. The first kappa shape index (κ1) is 15.4. The summed E-state index contributed by atoms with van der Waals surface area (Å²) < 4.78 is 5.33. The quantitative estimate of drug-likeness (QED) is 0.932. The molecule has 0 saturated carbocycles. The molecule has 2 aromatic heterocycles. The molecule has 0 radical (unpaired) electrons. The molecule has 1 aliphatic heterocycles. The highest BCUT2D eigenvalue weighted by atomic mass is 16.5. The second-order valence-corrected chi connectivity index (χ2v) is 5.48. The van der Waals surface area contributed by atoms with Gasteiger partial charge < -0.3 is 15.0 Å². The molecule has 1 atom stereocenters. The number of hydrogen-bond donors (Lipinski definition) is 1. The van der Waals surface area contributed by atoms with Crippen LogP contribution in [0.2, 0.25) is 0 Å². The van der Waals surface area contributed by atoms with Gasteiger partial charge in [-0.15, -0.1) is 0 Å². The van der Waals surface area contributed by atoms with Gasteiger partial charge in [-0.05, 0) is 36.8 Å². The first-order chi connectivity index (χ1) is 11.2. The Hall–Kier alpha value is -2.47. The molecule has 120 valence electrons. The number of carbonyl (C=O) groups is 1. The van der Waals surface area contributed by atoms with E-state index in [1.165, 1.54) is 0 Å². The van der Waals surface area contributed by atoms with E-state index in [-0.39, 0.29) is 11.9 Å². The van der Waals surface area contributed by atoms with Crippen LogP contribution in [0.15, 0.2) is 42.9 Å². The van der Waals surface area contributed by atoms with Crippen LogP contribution in [0.1, 0.15) is 28.9 Å². The predicted octanol–water partition coefficient (Wildman–Crippen LogP) is 1.80. The summed E-state index contributed by atoms with van der Waals surface area (Å²) in [5.41, 5.74) is 1.58. The number of rotatable bonds is 4. The van der Waals surface area contributed by atoms with Crippen LogP contribution in [-0.2, 0) is 4.74 Å². The van der Waals surface area contributed by atoms with E-state index in [0.717, 1.165) is 24.5 Å². The molecule has 1 aliphatic rings. The topological polar surface area (TPSA) is 67.4 Å². The fourth-order valence-electron chi connectivity index (χ4n) is 2.52. The van der Waals surface area contributed by atoms with Crippen molar-refractivity contribution in [2.45, 2.75) is 13.0 Å². The Bertz CT molecular complexity index is 639. The molecule has 2 aromatic rings. The number of nitrogens with zero attached hydrogens (tertiary/aromatic N) is 3. The molecule has 3 heterocycles. The zero-order valence-corrected chi connectivity index (χ0v) is 13.1. The van der Waals surface area contributed by atoms with Gasteiger partial charge in [0.15, 0.2) is 0 Å². The molecule has 6 nitrogen and oxygen atoms in total. The summed E-state index contributed by atoms with van der Waals surface area (Å²) in [6.07, 6.45) is 5.06. The van der Waals surface area contributed by atoms with Crippen molar-refractivity contribution in [3.05, 3.63) is 54.0 Å². The SMILES string of the molecule is CC(NC(=O)c1ccc(N2CCOCC2)nc1)c1ccncc1. The molecule has 0 aromatic carbocycles. The van der Waals surface area contributed by atoms with Crippen molar-refractivity contribution >= 4 is 11.7 Å². The van der Waals surface area contributed by atoms with Gasteiger partial charge >= 0.3 is 0 Å². The van der Waals surface area contributed by atoms with Crippen molar-refractivity contribution in [1.82, 2.24) is 15.3 Å². The average molecular weight is 312 g/mol. The highest BCUT2D eigenvalue weighted by molar-refractivity contribution is 5.94. The molecular weight excluding hydrogens is 292 g/mol. The molecule has 1 N–H and O–H groups in total. The molecule has 3 rings (SSSR count).